The van der Waals surface area contributed by atoms with Crippen molar-refractivity contribution in [3.05, 3.63) is 24.4 Å². The monoisotopic (exact) mass is 344 g/mol. The number of nitrogens with zero attached hydrogens (tertiary/aromatic N) is 2. The van der Waals surface area contributed by atoms with Gasteiger partial charge in [-0.25, -0.2) is 4.98 Å². The van der Waals surface area contributed by atoms with E-state index in [1.54, 1.807) is 13.2 Å². The van der Waals surface area contributed by atoms with E-state index in [0.717, 1.165) is 31.5 Å². The zero-order valence-corrected chi connectivity index (χ0v) is 14.4. The van der Waals surface area contributed by atoms with Gasteiger partial charge >= 0.3 is 0 Å². The second kappa shape index (κ2) is 7.63. The van der Waals surface area contributed by atoms with Crippen LogP contribution >= 0.6 is 0 Å². The lowest BCUT2D eigenvalue weighted by Crippen LogP contribution is -2.39. The standard InChI is InChI=1S/C18H24N4O3/c1-22-11-14(16(23)18(22)25)17(24)20-10-12-5-7-13(8-6-12)21-15-4-2-3-9-19-15/h2-4,9,12-14H,5-8,10-11H2,1H3,(H,19,21)(H,20,24). The number of ketones is 1. The van der Waals surface area contributed by atoms with Crippen molar-refractivity contribution in [1.29, 1.82) is 0 Å². The highest BCUT2D eigenvalue weighted by Crippen LogP contribution is 2.26. The van der Waals surface area contributed by atoms with Crippen molar-refractivity contribution in [2.24, 2.45) is 11.8 Å². The van der Waals surface area contributed by atoms with E-state index in [0.29, 0.717) is 18.5 Å². The molecule has 2 fully saturated rings. The number of pyridine rings is 1. The molecule has 0 radical (unpaired) electrons. The Morgan fingerprint density at radius 2 is 2.00 bits per heavy atom. The number of hydrogen-bond donors (Lipinski definition) is 2. The minimum atomic E-state index is -0.848. The minimum Gasteiger partial charge on any atom is -0.367 e. The Balaban J connectivity index is 1.40. The Bertz CT molecular complexity index is 641. The summed E-state index contributed by atoms with van der Waals surface area (Å²) in [5, 5.41) is 6.30. The normalized spacial score (nSPS) is 26.6. The Kier molecular flexibility index (Phi) is 5.31. The summed E-state index contributed by atoms with van der Waals surface area (Å²) < 4.78 is 0. The van der Waals surface area contributed by atoms with Crippen LogP contribution in [0.5, 0.6) is 0 Å². The fourth-order valence-electron chi connectivity index (χ4n) is 3.52. The van der Waals surface area contributed by atoms with Crippen LogP contribution in [0.3, 0.4) is 0 Å². The summed E-state index contributed by atoms with van der Waals surface area (Å²) in [6.07, 6.45) is 5.86. The topological polar surface area (TPSA) is 91.4 Å². The van der Waals surface area contributed by atoms with Crippen LogP contribution in [-0.2, 0) is 14.4 Å². The molecule has 1 atom stereocenters. The maximum Gasteiger partial charge on any atom is 0.290 e. The van der Waals surface area contributed by atoms with Crippen molar-refractivity contribution < 1.29 is 14.4 Å². The molecule has 2 heterocycles. The Labute approximate surface area is 147 Å². The smallest absolute Gasteiger partial charge is 0.290 e. The summed E-state index contributed by atoms with van der Waals surface area (Å²) in [6.45, 7) is 0.751. The third-order valence-electron chi connectivity index (χ3n) is 5.08. The summed E-state index contributed by atoms with van der Waals surface area (Å²) in [4.78, 5) is 41.0. The molecule has 134 valence electrons. The first kappa shape index (κ1) is 17.4. The Hall–Kier alpha value is -2.44. The molecule has 7 heteroatoms. The molecule has 2 amide bonds. The molecular formula is C18H24N4O3. The number of rotatable bonds is 5. The third-order valence-corrected chi connectivity index (χ3v) is 5.08. The molecule has 1 aliphatic heterocycles. The van der Waals surface area contributed by atoms with E-state index in [-0.39, 0.29) is 12.5 Å². The molecular weight excluding hydrogens is 320 g/mol. The van der Waals surface area contributed by atoms with Crippen LogP contribution in [0.2, 0.25) is 0 Å². The number of hydrogen-bond acceptors (Lipinski definition) is 5. The van der Waals surface area contributed by atoms with Crippen LogP contribution in [0.1, 0.15) is 25.7 Å². The second-order valence-electron chi connectivity index (χ2n) is 6.92. The molecule has 1 saturated carbocycles. The summed E-state index contributed by atoms with van der Waals surface area (Å²) >= 11 is 0. The van der Waals surface area contributed by atoms with Gasteiger partial charge in [-0.05, 0) is 43.7 Å². The van der Waals surface area contributed by atoms with E-state index in [1.807, 2.05) is 18.2 Å². The summed E-state index contributed by atoms with van der Waals surface area (Å²) in [5.74, 6) is -1.02. The number of aromatic nitrogens is 1. The number of carbonyl (C=O) groups is 3. The van der Waals surface area contributed by atoms with Crippen molar-refractivity contribution in [2.45, 2.75) is 31.7 Å². The fourth-order valence-corrected chi connectivity index (χ4v) is 3.52. The molecule has 1 aromatic rings. The molecule has 2 N–H and O–H groups in total. The lowest BCUT2D eigenvalue weighted by atomic mass is 9.86. The number of likely N-dealkylation sites (tertiary alicyclic amines) is 1. The predicted octanol–water partition coefficient (Wildman–Crippen LogP) is 0.826. The zero-order chi connectivity index (χ0) is 17.8. The molecule has 2 aliphatic rings. The Morgan fingerprint density at radius 1 is 1.24 bits per heavy atom. The lowest BCUT2D eigenvalue weighted by molar-refractivity contribution is -0.142. The van der Waals surface area contributed by atoms with E-state index in [2.05, 4.69) is 15.6 Å². The molecule has 1 unspecified atom stereocenters. The highest BCUT2D eigenvalue weighted by Gasteiger charge is 2.41. The van der Waals surface area contributed by atoms with E-state index in [4.69, 9.17) is 0 Å². The fraction of sp³-hybridized carbons (Fsp3) is 0.556. The van der Waals surface area contributed by atoms with Crippen molar-refractivity contribution in [3.8, 4) is 0 Å². The van der Waals surface area contributed by atoms with E-state index >= 15 is 0 Å². The maximum atomic E-state index is 12.2. The van der Waals surface area contributed by atoms with Gasteiger partial charge in [-0.2, -0.15) is 0 Å². The second-order valence-corrected chi connectivity index (χ2v) is 6.92. The van der Waals surface area contributed by atoms with Gasteiger partial charge in [0.25, 0.3) is 5.91 Å². The third kappa shape index (κ3) is 4.15. The van der Waals surface area contributed by atoms with Crippen LogP contribution < -0.4 is 10.6 Å². The van der Waals surface area contributed by atoms with E-state index in [9.17, 15) is 14.4 Å². The van der Waals surface area contributed by atoms with Crippen LogP contribution in [-0.4, -0.2) is 53.7 Å². The molecule has 0 aromatic carbocycles. The van der Waals surface area contributed by atoms with Gasteiger partial charge in [0.2, 0.25) is 11.7 Å². The molecule has 7 nitrogen and oxygen atoms in total. The van der Waals surface area contributed by atoms with Gasteiger partial charge in [-0.1, -0.05) is 6.07 Å². The minimum absolute atomic E-state index is 0.185. The van der Waals surface area contributed by atoms with Gasteiger partial charge in [-0.3, -0.25) is 14.4 Å². The van der Waals surface area contributed by atoms with Gasteiger partial charge < -0.3 is 15.5 Å². The quantitative estimate of drug-likeness (QED) is 0.610. The molecule has 25 heavy (non-hydrogen) atoms. The first-order chi connectivity index (χ1) is 12.0. The van der Waals surface area contributed by atoms with Gasteiger partial charge in [0.15, 0.2) is 0 Å². The van der Waals surface area contributed by atoms with E-state index < -0.39 is 17.6 Å². The number of likely N-dealkylation sites (N-methyl/N-ethyl adjacent to an activating group) is 1. The highest BCUT2D eigenvalue weighted by atomic mass is 16.2. The Morgan fingerprint density at radius 3 is 2.60 bits per heavy atom. The summed E-state index contributed by atoms with van der Waals surface area (Å²) in [7, 11) is 1.55. The number of nitrogens with one attached hydrogen (secondary N) is 2. The number of anilines is 1. The van der Waals surface area contributed by atoms with Gasteiger partial charge in [-0.15, -0.1) is 0 Å². The maximum absolute atomic E-state index is 12.2. The highest BCUT2D eigenvalue weighted by molar-refractivity contribution is 6.42. The van der Waals surface area contributed by atoms with Crippen molar-refractivity contribution in [1.82, 2.24) is 15.2 Å². The molecule has 1 aromatic heterocycles. The number of carbonyl (C=O) groups excluding carboxylic acids is 3. The first-order valence-electron chi connectivity index (χ1n) is 8.79. The molecule has 0 bridgehead atoms. The number of amides is 2. The molecule has 1 saturated heterocycles. The van der Waals surface area contributed by atoms with Crippen molar-refractivity contribution in [3.63, 3.8) is 0 Å². The van der Waals surface area contributed by atoms with Crippen molar-refractivity contribution in [2.75, 3.05) is 25.5 Å². The van der Waals surface area contributed by atoms with Crippen LogP contribution in [0.15, 0.2) is 24.4 Å². The molecule has 0 spiro atoms. The van der Waals surface area contributed by atoms with Crippen LogP contribution in [0, 0.1) is 11.8 Å². The average Bonchev–Trinajstić information content (AvgIpc) is 2.89. The van der Waals surface area contributed by atoms with E-state index in [1.165, 1.54) is 4.90 Å². The average molecular weight is 344 g/mol. The zero-order valence-electron chi connectivity index (χ0n) is 14.4. The van der Waals surface area contributed by atoms with Crippen LogP contribution in [0.25, 0.3) is 0 Å². The largest absolute Gasteiger partial charge is 0.367 e. The van der Waals surface area contributed by atoms with Gasteiger partial charge in [0.05, 0.1) is 0 Å². The SMILES string of the molecule is CN1CC(C(=O)NCC2CCC(Nc3ccccn3)CC2)C(=O)C1=O. The van der Waals surface area contributed by atoms with Gasteiger partial charge in [0.1, 0.15) is 11.7 Å². The molecule has 3 rings (SSSR count). The summed E-state index contributed by atoms with van der Waals surface area (Å²) in [6, 6.07) is 6.22. The van der Waals surface area contributed by atoms with Crippen LogP contribution in [0.4, 0.5) is 5.82 Å². The van der Waals surface area contributed by atoms with Crippen molar-refractivity contribution >= 4 is 23.4 Å². The number of Topliss-reactive ketones (excluding diaryl/α,β-unsaturated/α-hetero) is 1. The van der Waals surface area contributed by atoms with Gasteiger partial charge in [0, 0.05) is 32.4 Å². The summed E-state index contributed by atoms with van der Waals surface area (Å²) in [5.41, 5.74) is 0. The predicted molar refractivity (Wildman–Crippen MR) is 92.7 cm³/mol. The first-order valence-corrected chi connectivity index (χ1v) is 8.79. The molecule has 1 aliphatic carbocycles. The lowest BCUT2D eigenvalue weighted by Gasteiger charge is -2.29.